The number of aliphatic hydroxyl groups excluding tert-OH is 2. The average molecular weight is 963 g/mol. The van der Waals surface area contributed by atoms with Gasteiger partial charge in [-0.2, -0.15) is 0 Å². The zero-order valence-corrected chi connectivity index (χ0v) is 39.9. The number of benzene rings is 5. The molecule has 2 saturated carbocycles. The van der Waals surface area contributed by atoms with Crippen LogP contribution < -0.4 is 14.8 Å². The number of aliphatic hydroxyl groups is 2. The van der Waals surface area contributed by atoms with Crippen LogP contribution in [0.15, 0.2) is 145 Å². The van der Waals surface area contributed by atoms with Gasteiger partial charge in [0.1, 0.15) is 24.1 Å². The summed E-state index contributed by atoms with van der Waals surface area (Å²) in [5, 5.41) is 41.5. The lowest BCUT2D eigenvalue weighted by atomic mass is 9.55. The number of ether oxygens (including phenoxy) is 3. The number of nitro groups is 1. The largest absolute Gasteiger partial charge is 0.459 e. The molecule has 0 aromatic heterocycles. The first kappa shape index (κ1) is 49.1. The number of hydrogen-bond acceptors (Lipinski definition) is 11. The van der Waals surface area contributed by atoms with E-state index in [-0.39, 0.29) is 81.2 Å². The van der Waals surface area contributed by atoms with E-state index in [9.17, 15) is 25.1 Å². The van der Waals surface area contributed by atoms with Crippen molar-refractivity contribution in [2.24, 2.45) is 28.8 Å². The molecular formula is C57H62N4O10. The van der Waals surface area contributed by atoms with Crippen molar-refractivity contribution in [1.29, 1.82) is 0 Å². The lowest BCUT2D eigenvalue weighted by Gasteiger charge is -2.60. The molecule has 3 aliphatic carbocycles. The molecular weight excluding hydrogens is 901 g/mol. The minimum absolute atomic E-state index is 0.00325. The lowest BCUT2D eigenvalue weighted by molar-refractivity contribution is -0.384. The lowest BCUT2D eigenvalue weighted by Crippen LogP contribution is -2.70. The molecule has 6 atom stereocenters. The minimum Gasteiger partial charge on any atom is -0.459 e. The van der Waals surface area contributed by atoms with Crippen molar-refractivity contribution in [1.82, 2.24) is 10.2 Å². The number of allylic oxidation sites excluding steroid dienone is 1. The zero-order valence-electron chi connectivity index (χ0n) is 39.9. The molecule has 2 amide bonds. The molecule has 370 valence electrons. The summed E-state index contributed by atoms with van der Waals surface area (Å²) >= 11 is 0. The summed E-state index contributed by atoms with van der Waals surface area (Å²) in [5.74, 6) is -1.84. The number of oxime groups is 1. The van der Waals surface area contributed by atoms with Gasteiger partial charge in [-0.1, -0.05) is 103 Å². The molecule has 0 unspecified atom stereocenters. The summed E-state index contributed by atoms with van der Waals surface area (Å²) in [5.41, 5.74) is 4.85. The summed E-state index contributed by atoms with van der Waals surface area (Å²) < 4.78 is 20.7. The van der Waals surface area contributed by atoms with E-state index in [1.54, 1.807) is 24.3 Å². The number of fused-ring (bicyclic) bond motifs is 3. The van der Waals surface area contributed by atoms with Crippen LogP contribution in [-0.2, 0) is 34.1 Å². The molecule has 0 bridgehead atoms. The zero-order chi connectivity index (χ0) is 49.3. The topological polar surface area (TPSA) is 182 Å². The van der Waals surface area contributed by atoms with Crippen LogP contribution in [0.3, 0.4) is 0 Å². The Bertz CT molecular complexity index is 2750. The SMILES string of the molecule is C=CCO[C@@]12Oc3ccc(OC(=O)NCc4ccccc4)cc3[C@H]3[C@H](CCCCO)[C@@H](CCCCO)C=C(C(=NOCc4ccc([N+](=O)[O-])cc4)C[C@@H]1N(Cc1cccc4ccccc14)C(=O)C1CC1)[C@H]32. The molecule has 0 spiro atoms. The molecule has 5 aromatic rings. The van der Waals surface area contributed by atoms with Gasteiger partial charge in [0.15, 0.2) is 0 Å². The van der Waals surface area contributed by atoms with Gasteiger partial charge in [-0.25, -0.2) is 4.79 Å². The van der Waals surface area contributed by atoms with Crippen LogP contribution in [0.4, 0.5) is 10.5 Å². The molecule has 0 radical (unpaired) electrons. The molecule has 14 nitrogen and oxygen atoms in total. The van der Waals surface area contributed by atoms with Crippen molar-refractivity contribution in [3.05, 3.63) is 172 Å². The van der Waals surface area contributed by atoms with Gasteiger partial charge in [0.25, 0.3) is 5.69 Å². The van der Waals surface area contributed by atoms with Gasteiger partial charge in [-0.3, -0.25) is 14.9 Å². The molecule has 14 heteroatoms. The number of amides is 2. The fourth-order valence-electron chi connectivity index (χ4n) is 11.0. The fraction of sp³-hybridized carbons (Fsp3) is 0.386. The van der Waals surface area contributed by atoms with Crippen molar-refractivity contribution in [3.63, 3.8) is 0 Å². The Morgan fingerprint density at radius 2 is 1.65 bits per heavy atom. The summed E-state index contributed by atoms with van der Waals surface area (Å²) in [4.78, 5) is 47.9. The fourth-order valence-corrected chi connectivity index (χ4v) is 11.0. The quantitative estimate of drug-likeness (QED) is 0.0261. The second kappa shape index (κ2) is 22.5. The Hall–Kier alpha value is -6.87. The Balaban J connectivity index is 1.21. The van der Waals surface area contributed by atoms with E-state index in [4.69, 9.17) is 24.2 Å². The van der Waals surface area contributed by atoms with Crippen molar-refractivity contribution >= 4 is 34.2 Å². The summed E-state index contributed by atoms with van der Waals surface area (Å²) in [6, 6.07) is 34.8. The molecule has 3 N–H and O–H groups in total. The van der Waals surface area contributed by atoms with Crippen LogP contribution in [-0.4, -0.2) is 69.4 Å². The Kier molecular flexibility index (Phi) is 15.5. The van der Waals surface area contributed by atoms with E-state index in [1.807, 2.05) is 65.6 Å². The van der Waals surface area contributed by atoms with Gasteiger partial charge in [0.2, 0.25) is 11.7 Å². The Morgan fingerprint density at radius 3 is 2.39 bits per heavy atom. The van der Waals surface area contributed by atoms with E-state index in [1.165, 1.54) is 12.1 Å². The van der Waals surface area contributed by atoms with E-state index < -0.39 is 28.8 Å². The highest BCUT2D eigenvalue weighted by Gasteiger charge is 2.66. The monoisotopic (exact) mass is 962 g/mol. The number of non-ortho nitro benzene ring substituents is 1. The number of carbonyl (C=O) groups is 2. The molecule has 2 fully saturated rings. The van der Waals surface area contributed by atoms with Crippen LogP contribution in [0, 0.1) is 33.8 Å². The van der Waals surface area contributed by atoms with E-state index >= 15 is 4.79 Å². The standard InChI is InChI=1S/C57H62N4O10/c1-2-31-68-57-52(60(55(64)41-23-24-41)36-43-18-12-17-40-15-6-7-19-46(40)43)34-50(59-69-37-39-21-25-44(26-22-39)61(66)67)48-32-42(16-8-10-29-62)47(20-9-11-30-63)53(54(48)57)49-33-45(27-28-51(49)71-57)70-56(65)58-35-38-13-4-3-5-14-38/h2-7,12-15,17-19,21-22,25-28,32-33,41-42,47,52-54,62-63H,1,8-11,16,20,23-24,29-31,34-37H2,(H,58,65)/t42-,47+,52-,53+,54+,57+/m0/s1. The van der Waals surface area contributed by atoms with Gasteiger partial charge in [0, 0.05) is 62.3 Å². The highest BCUT2D eigenvalue weighted by Crippen LogP contribution is 2.62. The molecule has 4 aliphatic rings. The highest BCUT2D eigenvalue weighted by atomic mass is 16.7. The van der Waals surface area contributed by atoms with E-state index in [0.717, 1.165) is 71.6 Å². The van der Waals surface area contributed by atoms with Crippen LogP contribution in [0.5, 0.6) is 11.5 Å². The van der Waals surface area contributed by atoms with Gasteiger partial charge in [0.05, 0.1) is 23.2 Å². The maximum atomic E-state index is 15.2. The number of unbranched alkanes of at least 4 members (excludes halogenated alkanes) is 2. The summed E-state index contributed by atoms with van der Waals surface area (Å²) in [6.45, 7) is 4.84. The smallest absolute Gasteiger partial charge is 0.412 e. The number of nitro benzene ring substituents is 1. The maximum Gasteiger partial charge on any atom is 0.412 e. The molecule has 9 rings (SSSR count). The third-order valence-electron chi connectivity index (χ3n) is 14.5. The predicted octanol–water partition coefficient (Wildman–Crippen LogP) is 10.3. The third-order valence-corrected chi connectivity index (χ3v) is 14.5. The molecule has 5 aromatic carbocycles. The number of hydrogen-bond donors (Lipinski definition) is 3. The van der Waals surface area contributed by atoms with E-state index in [2.05, 4.69) is 42.2 Å². The Morgan fingerprint density at radius 1 is 0.901 bits per heavy atom. The molecule has 71 heavy (non-hydrogen) atoms. The average Bonchev–Trinajstić information content (AvgIpc) is 4.25. The first-order valence-electron chi connectivity index (χ1n) is 24.9. The first-order valence-corrected chi connectivity index (χ1v) is 24.9. The third kappa shape index (κ3) is 10.9. The van der Waals surface area contributed by atoms with Gasteiger partial charge in [-0.15, -0.1) is 6.58 Å². The number of nitrogens with zero attached hydrogens (tertiary/aromatic N) is 3. The molecule has 1 heterocycles. The van der Waals surface area contributed by atoms with Crippen molar-refractivity contribution < 1.29 is 43.8 Å². The normalized spacial score (nSPS) is 22.6. The first-order chi connectivity index (χ1) is 34.7. The Labute approximate surface area is 414 Å². The van der Waals surface area contributed by atoms with Crippen molar-refractivity contribution in [3.8, 4) is 11.5 Å². The van der Waals surface area contributed by atoms with Crippen LogP contribution in [0.25, 0.3) is 10.8 Å². The molecule has 1 aliphatic heterocycles. The number of nitrogens with one attached hydrogen (secondary N) is 1. The van der Waals surface area contributed by atoms with E-state index in [0.29, 0.717) is 35.6 Å². The predicted molar refractivity (Wildman–Crippen MR) is 269 cm³/mol. The molecule has 0 saturated heterocycles. The number of rotatable bonds is 22. The minimum atomic E-state index is -1.50. The van der Waals surface area contributed by atoms with Gasteiger partial charge < -0.3 is 39.5 Å². The second-order valence-corrected chi connectivity index (χ2v) is 19.1. The second-order valence-electron chi connectivity index (χ2n) is 19.1. The van der Waals surface area contributed by atoms with Gasteiger partial charge >= 0.3 is 6.09 Å². The maximum absolute atomic E-state index is 15.2. The van der Waals surface area contributed by atoms with Crippen molar-refractivity contribution in [2.75, 3.05) is 19.8 Å². The number of carbonyl (C=O) groups excluding carboxylic acids is 2. The van der Waals surface area contributed by atoms with Crippen molar-refractivity contribution in [2.45, 2.75) is 95.2 Å². The van der Waals surface area contributed by atoms with Crippen LogP contribution in [0.2, 0.25) is 0 Å². The van der Waals surface area contributed by atoms with Gasteiger partial charge in [-0.05, 0) is 114 Å². The summed E-state index contributed by atoms with van der Waals surface area (Å²) in [6.07, 6.45) is 9.28. The highest BCUT2D eigenvalue weighted by molar-refractivity contribution is 6.03. The van der Waals surface area contributed by atoms with Crippen LogP contribution in [0.1, 0.15) is 86.0 Å². The summed E-state index contributed by atoms with van der Waals surface area (Å²) in [7, 11) is 0. The van der Waals surface area contributed by atoms with Crippen LogP contribution >= 0.6 is 0 Å².